The molecule has 2 rings (SSSR count). The minimum atomic E-state index is -4.60. The number of nitro benzene ring substituents is 1. The highest BCUT2D eigenvalue weighted by Crippen LogP contribution is 2.37. The van der Waals surface area contributed by atoms with E-state index in [0.29, 0.717) is 6.07 Å². The Balaban J connectivity index is 2.27. The average Bonchev–Trinajstić information content (AvgIpc) is 2.68. The van der Waals surface area contributed by atoms with Gasteiger partial charge in [0, 0.05) is 12.1 Å². The molecule has 0 aliphatic carbocycles. The second-order valence-electron chi connectivity index (χ2n) is 6.41. The number of hydrogen-bond donors (Lipinski definition) is 0. The van der Waals surface area contributed by atoms with Crippen molar-refractivity contribution in [1.29, 1.82) is 0 Å². The molecule has 0 bridgehead atoms. The summed E-state index contributed by atoms with van der Waals surface area (Å²) in [5.74, 6) is -1.99. The predicted octanol–water partition coefficient (Wildman–Crippen LogP) is 5.56. The van der Waals surface area contributed by atoms with Gasteiger partial charge in [0.25, 0.3) is 5.69 Å². The summed E-state index contributed by atoms with van der Waals surface area (Å²) in [4.78, 5) is 34.4. The molecule has 0 spiro atoms. The van der Waals surface area contributed by atoms with Crippen molar-refractivity contribution in [3.8, 4) is 11.5 Å². The van der Waals surface area contributed by atoms with Crippen LogP contribution in [0.1, 0.15) is 36.2 Å². The van der Waals surface area contributed by atoms with Crippen molar-refractivity contribution in [2.24, 2.45) is 0 Å². The normalized spacial score (nSPS) is 12.1. The average molecular weight is 476 g/mol. The smallest absolute Gasteiger partial charge is 0.416 e. The van der Waals surface area contributed by atoms with Gasteiger partial charge in [-0.1, -0.05) is 11.6 Å². The monoisotopic (exact) mass is 475 g/mol. The van der Waals surface area contributed by atoms with E-state index in [1.807, 2.05) is 0 Å². The quantitative estimate of drug-likeness (QED) is 0.279. The molecule has 172 valence electrons. The standard InChI is InChI=1S/C20H17ClF3NO7/c1-3-30-18(26)8-11(2)31-19(27)14-10-13(5-6-16(14)25(28)29)32-17-7-4-12(9-15(17)21)20(22,23)24/h4-7,9-11H,3,8H2,1-2H3. The Morgan fingerprint density at radius 3 is 2.44 bits per heavy atom. The fraction of sp³-hybridized carbons (Fsp3) is 0.300. The molecule has 0 saturated carbocycles. The summed E-state index contributed by atoms with van der Waals surface area (Å²) in [6, 6.07) is 5.50. The van der Waals surface area contributed by atoms with Gasteiger partial charge in [0.05, 0.1) is 28.5 Å². The summed E-state index contributed by atoms with van der Waals surface area (Å²) in [6.45, 7) is 3.15. The highest BCUT2D eigenvalue weighted by atomic mass is 35.5. The molecule has 12 heteroatoms. The van der Waals surface area contributed by atoms with Crippen molar-refractivity contribution in [2.45, 2.75) is 32.5 Å². The Morgan fingerprint density at radius 2 is 1.88 bits per heavy atom. The van der Waals surface area contributed by atoms with Crippen LogP contribution in [0.15, 0.2) is 36.4 Å². The van der Waals surface area contributed by atoms with E-state index in [2.05, 4.69) is 0 Å². The van der Waals surface area contributed by atoms with Gasteiger partial charge in [0.15, 0.2) is 0 Å². The second-order valence-corrected chi connectivity index (χ2v) is 6.81. The van der Waals surface area contributed by atoms with Crippen LogP contribution in [0.25, 0.3) is 0 Å². The Morgan fingerprint density at radius 1 is 1.19 bits per heavy atom. The Bertz CT molecular complexity index is 1030. The topological polar surface area (TPSA) is 105 Å². The maximum Gasteiger partial charge on any atom is 0.416 e. The first-order valence-corrected chi connectivity index (χ1v) is 9.49. The lowest BCUT2D eigenvalue weighted by Gasteiger charge is -2.14. The van der Waals surface area contributed by atoms with Gasteiger partial charge in [-0.3, -0.25) is 14.9 Å². The van der Waals surface area contributed by atoms with Crippen LogP contribution in [0, 0.1) is 10.1 Å². The van der Waals surface area contributed by atoms with Crippen LogP contribution in [-0.2, 0) is 20.4 Å². The molecule has 2 aromatic carbocycles. The third-order valence-electron chi connectivity index (χ3n) is 3.94. The third kappa shape index (κ3) is 6.58. The fourth-order valence-electron chi connectivity index (χ4n) is 2.53. The zero-order valence-corrected chi connectivity index (χ0v) is 17.5. The van der Waals surface area contributed by atoms with E-state index in [1.165, 1.54) is 6.92 Å². The maximum atomic E-state index is 12.8. The highest BCUT2D eigenvalue weighted by Gasteiger charge is 2.31. The van der Waals surface area contributed by atoms with E-state index >= 15 is 0 Å². The van der Waals surface area contributed by atoms with Crippen LogP contribution in [0.3, 0.4) is 0 Å². The van der Waals surface area contributed by atoms with E-state index in [9.17, 15) is 32.9 Å². The predicted molar refractivity (Wildman–Crippen MR) is 106 cm³/mol. The molecule has 32 heavy (non-hydrogen) atoms. The van der Waals surface area contributed by atoms with Crippen molar-refractivity contribution in [3.05, 3.63) is 62.7 Å². The van der Waals surface area contributed by atoms with Gasteiger partial charge in [-0.25, -0.2) is 4.79 Å². The number of ether oxygens (including phenoxy) is 3. The van der Waals surface area contributed by atoms with Crippen LogP contribution in [-0.4, -0.2) is 29.6 Å². The van der Waals surface area contributed by atoms with E-state index < -0.39 is 46.0 Å². The lowest BCUT2D eigenvalue weighted by Crippen LogP contribution is -2.20. The van der Waals surface area contributed by atoms with Crippen molar-refractivity contribution in [2.75, 3.05) is 6.61 Å². The van der Waals surface area contributed by atoms with Crippen molar-refractivity contribution in [3.63, 3.8) is 0 Å². The van der Waals surface area contributed by atoms with Crippen LogP contribution in [0.4, 0.5) is 18.9 Å². The van der Waals surface area contributed by atoms with Gasteiger partial charge in [-0.15, -0.1) is 0 Å². The lowest BCUT2D eigenvalue weighted by molar-refractivity contribution is -0.385. The van der Waals surface area contributed by atoms with E-state index in [4.69, 9.17) is 25.8 Å². The minimum Gasteiger partial charge on any atom is -0.466 e. The second kappa shape index (κ2) is 10.3. The Hall–Kier alpha value is -3.34. The molecule has 0 heterocycles. The lowest BCUT2D eigenvalue weighted by atomic mass is 10.1. The van der Waals surface area contributed by atoms with Gasteiger partial charge in [-0.2, -0.15) is 13.2 Å². The molecule has 0 radical (unpaired) electrons. The van der Waals surface area contributed by atoms with Crippen LogP contribution in [0.2, 0.25) is 5.02 Å². The molecule has 1 unspecified atom stereocenters. The van der Waals surface area contributed by atoms with Crippen LogP contribution >= 0.6 is 11.6 Å². The fourth-order valence-corrected chi connectivity index (χ4v) is 2.75. The SMILES string of the molecule is CCOC(=O)CC(C)OC(=O)c1cc(Oc2ccc(C(F)(F)F)cc2Cl)ccc1[N+](=O)[O-]. The summed E-state index contributed by atoms with van der Waals surface area (Å²) in [6.07, 6.45) is -5.80. The number of benzene rings is 2. The summed E-state index contributed by atoms with van der Waals surface area (Å²) >= 11 is 5.84. The minimum absolute atomic E-state index is 0.109. The van der Waals surface area contributed by atoms with Gasteiger partial charge < -0.3 is 14.2 Å². The molecule has 0 aromatic heterocycles. The molecular formula is C20H17ClF3NO7. The number of carbonyl (C=O) groups is 2. The van der Waals surface area contributed by atoms with Gasteiger partial charge in [0.1, 0.15) is 23.2 Å². The molecule has 0 amide bonds. The first kappa shape index (κ1) is 24.9. The summed E-state index contributed by atoms with van der Waals surface area (Å²) in [5, 5.41) is 10.9. The number of hydrogen-bond acceptors (Lipinski definition) is 7. The number of nitrogens with zero attached hydrogens (tertiary/aromatic N) is 1. The summed E-state index contributed by atoms with van der Waals surface area (Å²) < 4.78 is 53.5. The van der Waals surface area contributed by atoms with Crippen LogP contribution < -0.4 is 4.74 Å². The number of alkyl halides is 3. The molecule has 0 fully saturated rings. The molecule has 0 aliphatic heterocycles. The molecule has 8 nitrogen and oxygen atoms in total. The molecule has 1 atom stereocenters. The van der Waals surface area contributed by atoms with Crippen molar-refractivity contribution >= 4 is 29.2 Å². The first-order chi connectivity index (χ1) is 14.9. The molecule has 0 aliphatic rings. The Kier molecular flexibility index (Phi) is 8.03. The van der Waals surface area contributed by atoms with E-state index in [1.54, 1.807) is 6.92 Å². The molecular weight excluding hydrogens is 459 g/mol. The number of rotatable bonds is 8. The zero-order chi connectivity index (χ0) is 24.1. The number of halogens is 4. The number of carbonyl (C=O) groups excluding carboxylic acids is 2. The van der Waals surface area contributed by atoms with E-state index in [-0.39, 0.29) is 29.5 Å². The van der Waals surface area contributed by atoms with Gasteiger partial charge in [0.2, 0.25) is 0 Å². The molecule has 0 N–H and O–H groups in total. The number of esters is 2. The summed E-state index contributed by atoms with van der Waals surface area (Å²) in [5.41, 5.74) is -2.06. The van der Waals surface area contributed by atoms with Gasteiger partial charge >= 0.3 is 18.1 Å². The third-order valence-corrected chi connectivity index (χ3v) is 4.23. The van der Waals surface area contributed by atoms with E-state index in [0.717, 1.165) is 30.3 Å². The van der Waals surface area contributed by atoms with Crippen molar-refractivity contribution < 1.29 is 41.9 Å². The molecule has 2 aromatic rings. The van der Waals surface area contributed by atoms with Crippen molar-refractivity contribution in [1.82, 2.24) is 0 Å². The zero-order valence-electron chi connectivity index (χ0n) is 16.8. The highest BCUT2D eigenvalue weighted by molar-refractivity contribution is 6.32. The first-order valence-electron chi connectivity index (χ1n) is 9.12. The van der Waals surface area contributed by atoms with Crippen LogP contribution in [0.5, 0.6) is 11.5 Å². The maximum absolute atomic E-state index is 12.8. The van der Waals surface area contributed by atoms with Gasteiger partial charge in [-0.05, 0) is 38.1 Å². The summed E-state index contributed by atoms with van der Waals surface area (Å²) in [7, 11) is 0. The molecule has 0 saturated heterocycles. The number of nitro groups is 1. The largest absolute Gasteiger partial charge is 0.466 e. The Labute approximate surface area is 185 Å².